The summed E-state index contributed by atoms with van der Waals surface area (Å²) in [5.74, 6) is 2.05. The molecule has 0 amide bonds. The summed E-state index contributed by atoms with van der Waals surface area (Å²) < 4.78 is 1.94. The predicted octanol–water partition coefficient (Wildman–Crippen LogP) is 1.09. The molecule has 12 heavy (non-hydrogen) atoms. The SMILES string of the molecule is CCn1cc(CSCCN)cn1. The molecule has 4 heteroatoms. The van der Waals surface area contributed by atoms with Crippen LogP contribution in [0.1, 0.15) is 12.5 Å². The van der Waals surface area contributed by atoms with Crippen LogP contribution in [0.15, 0.2) is 12.4 Å². The fourth-order valence-electron chi connectivity index (χ4n) is 0.927. The molecular weight excluding hydrogens is 170 g/mol. The van der Waals surface area contributed by atoms with Crippen LogP contribution in [0.3, 0.4) is 0 Å². The third-order valence-electron chi connectivity index (χ3n) is 1.54. The van der Waals surface area contributed by atoms with Crippen molar-refractivity contribution in [2.75, 3.05) is 12.3 Å². The normalized spacial score (nSPS) is 10.5. The van der Waals surface area contributed by atoms with Gasteiger partial charge in [-0.15, -0.1) is 0 Å². The van der Waals surface area contributed by atoms with Crippen LogP contribution in [0.25, 0.3) is 0 Å². The Morgan fingerprint density at radius 3 is 3.08 bits per heavy atom. The molecule has 0 atom stereocenters. The number of rotatable bonds is 5. The first-order valence-electron chi connectivity index (χ1n) is 4.16. The second kappa shape index (κ2) is 5.22. The molecule has 0 fully saturated rings. The zero-order valence-corrected chi connectivity index (χ0v) is 8.18. The van der Waals surface area contributed by atoms with E-state index in [1.807, 2.05) is 22.6 Å². The molecule has 0 unspecified atom stereocenters. The van der Waals surface area contributed by atoms with Crippen molar-refractivity contribution < 1.29 is 0 Å². The van der Waals surface area contributed by atoms with E-state index in [4.69, 9.17) is 5.73 Å². The van der Waals surface area contributed by atoms with Gasteiger partial charge in [0, 0.05) is 30.8 Å². The second-order valence-electron chi connectivity index (χ2n) is 2.55. The number of aromatic nitrogens is 2. The van der Waals surface area contributed by atoms with Crippen LogP contribution in [-0.4, -0.2) is 22.1 Å². The van der Waals surface area contributed by atoms with Gasteiger partial charge in [0.25, 0.3) is 0 Å². The molecule has 0 aromatic carbocycles. The van der Waals surface area contributed by atoms with Gasteiger partial charge in [-0.1, -0.05) is 0 Å². The van der Waals surface area contributed by atoms with Crippen LogP contribution < -0.4 is 5.73 Å². The highest BCUT2D eigenvalue weighted by Gasteiger charge is 1.96. The van der Waals surface area contributed by atoms with Gasteiger partial charge in [0.2, 0.25) is 0 Å². The van der Waals surface area contributed by atoms with Crippen molar-refractivity contribution in [1.29, 1.82) is 0 Å². The first-order valence-corrected chi connectivity index (χ1v) is 5.31. The molecule has 3 nitrogen and oxygen atoms in total. The second-order valence-corrected chi connectivity index (χ2v) is 3.65. The van der Waals surface area contributed by atoms with E-state index in [0.717, 1.165) is 24.6 Å². The number of nitrogens with zero attached hydrogens (tertiary/aromatic N) is 2. The zero-order chi connectivity index (χ0) is 8.81. The van der Waals surface area contributed by atoms with Gasteiger partial charge < -0.3 is 5.73 Å². The first kappa shape index (κ1) is 9.61. The standard InChI is InChI=1S/C8H15N3S/c1-2-11-6-8(5-10-11)7-12-4-3-9/h5-6H,2-4,7,9H2,1H3. The lowest BCUT2D eigenvalue weighted by Crippen LogP contribution is -2.01. The number of nitrogens with two attached hydrogens (primary N) is 1. The van der Waals surface area contributed by atoms with Crippen LogP contribution in [0.5, 0.6) is 0 Å². The Bertz CT molecular complexity index is 222. The minimum absolute atomic E-state index is 0.757. The first-order chi connectivity index (χ1) is 5.86. The smallest absolute Gasteiger partial charge is 0.0530 e. The zero-order valence-electron chi connectivity index (χ0n) is 7.36. The summed E-state index contributed by atoms with van der Waals surface area (Å²) in [6, 6.07) is 0. The fraction of sp³-hybridized carbons (Fsp3) is 0.625. The lowest BCUT2D eigenvalue weighted by molar-refractivity contribution is 0.659. The van der Waals surface area contributed by atoms with E-state index in [-0.39, 0.29) is 0 Å². The third-order valence-corrected chi connectivity index (χ3v) is 2.60. The van der Waals surface area contributed by atoms with E-state index < -0.39 is 0 Å². The Hall–Kier alpha value is -0.480. The van der Waals surface area contributed by atoms with Crippen molar-refractivity contribution >= 4 is 11.8 Å². The summed E-state index contributed by atoms with van der Waals surface area (Å²) in [6.45, 7) is 3.79. The topological polar surface area (TPSA) is 43.8 Å². The fourth-order valence-corrected chi connectivity index (χ4v) is 1.62. The molecule has 1 heterocycles. The molecule has 1 rings (SSSR count). The van der Waals surface area contributed by atoms with Crippen LogP contribution in [0, 0.1) is 0 Å². The molecule has 0 bridgehead atoms. The summed E-state index contributed by atoms with van der Waals surface area (Å²) in [4.78, 5) is 0. The monoisotopic (exact) mass is 185 g/mol. The summed E-state index contributed by atoms with van der Waals surface area (Å²) in [7, 11) is 0. The van der Waals surface area contributed by atoms with Crippen molar-refractivity contribution in [2.24, 2.45) is 5.73 Å². The van der Waals surface area contributed by atoms with Crippen molar-refractivity contribution in [3.63, 3.8) is 0 Å². The number of hydrogen-bond donors (Lipinski definition) is 1. The largest absolute Gasteiger partial charge is 0.330 e. The third kappa shape index (κ3) is 2.87. The van der Waals surface area contributed by atoms with E-state index in [9.17, 15) is 0 Å². The molecule has 0 saturated carbocycles. The van der Waals surface area contributed by atoms with Crippen LogP contribution in [0.4, 0.5) is 0 Å². The lowest BCUT2D eigenvalue weighted by Gasteiger charge is -1.95. The van der Waals surface area contributed by atoms with Gasteiger partial charge in [-0.25, -0.2) is 0 Å². The van der Waals surface area contributed by atoms with Gasteiger partial charge in [-0.3, -0.25) is 4.68 Å². The number of aryl methyl sites for hydroxylation is 1. The van der Waals surface area contributed by atoms with E-state index in [1.165, 1.54) is 5.56 Å². The van der Waals surface area contributed by atoms with E-state index in [2.05, 4.69) is 18.2 Å². The Morgan fingerprint density at radius 1 is 1.67 bits per heavy atom. The minimum atomic E-state index is 0.757. The Kier molecular flexibility index (Phi) is 4.18. The molecule has 0 radical (unpaired) electrons. The highest BCUT2D eigenvalue weighted by atomic mass is 32.2. The van der Waals surface area contributed by atoms with Crippen molar-refractivity contribution in [3.8, 4) is 0 Å². The van der Waals surface area contributed by atoms with Gasteiger partial charge in [0.15, 0.2) is 0 Å². The maximum Gasteiger partial charge on any atom is 0.0530 e. The molecule has 0 aliphatic rings. The number of thioether (sulfide) groups is 1. The quantitative estimate of drug-likeness (QED) is 0.698. The average molecular weight is 185 g/mol. The van der Waals surface area contributed by atoms with Gasteiger partial charge in [-0.2, -0.15) is 16.9 Å². The highest BCUT2D eigenvalue weighted by Crippen LogP contribution is 2.09. The van der Waals surface area contributed by atoms with E-state index in [1.54, 1.807) is 0 Å². The van der Waals surface area contributed by atoms with Gasteiger partial charge in [-0.05, 0) is 12.5 Å². The Labute approximate surface area is 77.3 Å². The van der Waals surface area contributed by atoms with Crippen molar-refractivity contribution in [2.45, 2.75) is 19.2 Å². The summed E-state index contributed by atoms with van der Waals surface area (Å²) in [5, 5.41) is 4.19. The lowest BCUT2D eigenvalue weighted by atomic mass is 10.4. The molecular formula is C8H15N3S. The van der Waals surface area contributed by atoms with Crippen LogP contribution >= 0.6 is 11.8 Å². The van der Waals surface area contributed by atoms with Crippen LogP contribution in [-0.2, 0) is 12.3 Å². The molecule has 68 valence electrons. The summed E-state index contributed by atoms with van der Waals surface area (Å²) in [5.41, 5.74) is 6.67. The molecule has 0 saturated heterocycles. The molecule has 0 aliphatic heterocycles. The number of hydrogen-bond acceptors (Lipinski definition) is 3. The molecule has 1 aromatic rings. The van der Waals surface area contributed by atoms with Crippen molar-refractivity contribution in [1.82, 2.24) is 9.78 Å². The molecule has 2 N–H and O–H groups in total. The van der Waals surface area contributed by atoms with Gasteiger partial charge >= 0.3 is 0 Å². The Balaban J connectivity index is 2.31. The summed E-state index contributed by atoms with van der Waals surface area (Å²) in [6.07, 6.45) is 4.01. The molecule has 0 aliphatic carbocycles. The maximum atomic E-state index is 5.38. The van der Waals surface area contributed by atoms with Crippen LogP contribution in [0.2, 0.25) is 0 Å². The van der Waals surface area contributed by atoms with Gasteiger partial charge in [0.1, 0.15) is 0 Å². The molecule has 0 spiro atoms. The summed E-state index contributed by atoms with van der Waals surface area (Å²) >= 11 is 1.85. The minimum Gasteiger partial charge on any atom is -0.330 e. The average Bonchev–Trinajstić information content (AvgIpc) is 2.53. The Morgan fingerprint density at radius 2 is 2.50 bits per heavy atom. The van der Waals surface area contributed by atoms with Gasteiger partial charge in [0.05, 0.1) is 6.20 Å². The van der Waals surface area contributed by atoms with E-state index >= 15 is 0 Å². The predicted molar refractivity (Wildman–Crippen MR) is 53.1 cm³/mol. The van der Waals surface area contributed by atoms with E-state index in [0.29, 0.717) is 0 Å². The highest BCUT2D eigenvalue weighted by molar-refractivity contribution is 7.98. The van der Waals surface area contributed by atoms with Crippen molar-refractivity contribution in [3.05, 3.63) is 18.0 Å². The molecule has 1 aromatic heterocycles. The maximum absolute atomic E-state index is 5.38.